The molecule has 1 aliphatic rings. The molecule has 0 saturated heterocycles. The van der Waals surface area contributed by atoms with Gasteiger partial charge in [0.2, 0.25) is 5.95 Å². The van der Waals surface area contributed by atoms with E-state index in [2.05, 4.69) is 25.9 Å². The predicted molar refractivity (Wildman–Crippen MR) is 107 cm³/mol. The minimum atomic E-state index is -3.15. The zero-order valence-corrected chi connectivity index (χ0v) is 16.2. The zero-order chi connectivity index (χ0) is 20.1. The number of anilines is 4. The second-order valence-electron chi connectivity index (χ2n) is 6.34. The molecule has 0 unspecified atom stereocenters. The lowest BCUT2D eigenvalue weighted by atomic mass is 10.2. The Morgan fingerprint density at radius 1 is 1.39 bits per heavy atom. The fourth-order valence-electron chi connectivity index (χ4n) is 2.59. The van der Waals surface area contributed by atoms with Crippen LogP contribution in [0.4, 0.5) is 23.1 Å². The van der Waals surface area contributed by atoms with Gasteiger partial charge >= 0.3 is 0 Å². The minimum absolute atomic E-state index is 0.0797. The van der Waals surface area contributed by atoms with Gasteiger partial charge < -0.3 is 26.4 Å². The molecule has 0 radical (unpaired) electrons. The quantitative estimate of drug-likeness (QED) is 0.528. The van der Waals surface area contributed by atoms with Gasteiger partial charge in [0.25, 0.3) is 5.91 Å². The lowest BCUT2D eigenvalue weighted by Crippen LogP contribution is -2.20. The minimum Gasteiger partial charge on any atom is -0.491 e. The number of benzene rings is 1. The maximum atomic E-state index is 11.6. The topological polar surface area (TPSA) is 148 Å². The molecule has 11 heteroatoms. The van der Waals surface area contributed by atoms with Crippen LogP contribution in [0.15, 0.2) is 24.4 Å². The summed E-state index contributed by atoms with van der Waals surface area (Å²) in [5.74, 6) is 0.372. The van der Waals surface area contributed by atoms with Crippen LogP contribution in [0.5, 0.6) is 5.75 Å². The van der Waals surface area contributed by atoms with Crippen LogP contribution in [0.25, 0.3) is 0 Å². The van der Waals surface area contributed by atoms with Crippen molar-refractivity contribution in [2.45, 2.75) is 6.42 Å². The number of amides is 1. The molecule has 3 rings (SSSR count). The van der Waals surface area contributed by atoms with E-state index in [1.54, 1.807) is 0 Å². The monoisotopic (exact) mass is 406 g/mol. The van der Waals surface area contributed by atoms with E-state index in [0.717, 1.165) is 36.3 Å². The molecule has 1 aromatic heterocycles. The second-order valence-corrected chi connectivity index (χ2v) is 8.60. The third-order valence-corrected chi connectivity index (χ3v) is 4.90. The first-order valence-corrected chi connectivity index (χ1v) is 10.7. The van der Waals surface area contributed by atoms with Crippen molar-refractivity contribution in [2.24, 2.45) is 5.73 Å². The first kappa shape index (κ1) is 19.7. The van der Waals surface area contributed by atoms with E-state index < -0.39 is 15.7 Å². The Morgan fingerprint density at radius 2 is 2.21 bits per heavy atom. The number of hydrogen-bond donors (Lipinski definition) is 4. The number of carbonyl (C=O) groups is 1. The van der Waals surface area contributed by atoms with E-state index in [1.807, 2.05) is 18.2 Å². The molecule has 0 fully saturated rings. The fraction of sp³-hybridized carbons (Fsp3) is 0.353. The van der Waals surface area contributed by atoms with Crippen LogP contribution in [-0.2, 0) is 9.84 Å². The van der Waals surface area contributed by atoms with Crippen molar-refractivity contribution < 1.29 is 17.9 Å². The van der Waals surface area contributed by atoms with Crippen molar-refractivity contribution >= 4 is 38.9 Å². The number of nitrogens with two attached hydrogens (primary N) is 1. The summed E-state index contributed by atoms with van der Waals surface area (Å²) in [5.41, 5.74) is 7.02. The molecule has 10 nitrogen and oxygen atoms in total. The van der Waals surface area contributed by atoms with E-state index in [-0.39, 0.29) is 29.6 Å². The lowest BCUT2D eigenvalue weighted by molar-refractivity contribution is 0.100. The number of aromatic nitrogens is 2. The summed E-state index contributed by atoms with van der Waals surface area (Å²) in [6.45, 7) is 1.57. The summed E-state index contributed by atoms with van der Waals surface area (Å²) in [6, 6.07) is 5.55. The van der Waals surface area contributed by atoms with E-state index >= 15 is 0 Å². The number of fused-ring (bicyclic) bond motifs is 1. The van der Waals surface area contributed by atoms with E-state index in [4.69, 9.17) is 10.5 Å². The molecule has 150 valence electrons. The average Bonchev–Trinajstić information content (AvgIpc) is 2.85. The predicted octanol–water partition coefficient (Wildman–Crippen LogP) is 0.970. The van der Waals surface area contributed by atoms with Gasteiger partial charge in [-0.05, 0) is 24.6 Å². The van der Waals surface area contributed by atoms with E-state index in [0.29, 0.717) is 6.61 Å². The number of nitrogens with one attached hydrogen (secondary N) is 3. The Hall–Kier alpha value is -3.08. The Morgan fingerprint density at radius 3 is 2.96 bits per heavy atom. The Bertz CT molecular complexity index is 980. The van der Waals surface area contributed by atoms with E-state index in [9.17, 15) is 13.2 Å². The van der Waals surface area contributed by atoms with Crippen LogP contribution in [0.1, 0.15) is 16.8 Å². The highest BCUT2D eigenvalue weighted by molar-refractivity contribution is 7.90. The maximum Gasteiger partial charge on any atom is 0.254 e. The van der Waals surface area contributed by atoms with Gasteiger partial charge in [-0.2, -0.15) is 4.98 Å². The highest BCUT2D eigenvalue weighted by Gasteiger charge is 2.14. The van der Waals surface area contributed by atoms with Gasteiger partial charge in [0.15, 0.2) is 0 Å². The molecule has 5 N–H and O–H groups in total. The number of hydrogen-bond acceptors (Lipinski definition) is 9. The van der Waals surface area contributed by atoms with Gasteiger partial charge in [-0.15, -0.1) is 0 Å². The Kier molecular flexibility index (Phi) is 5.83. The average molecular weight is 406 g/mol. The van der Waals surface area contributed by atoms with Gasteiger partial charge in [-0.25, -0.2) is 13.4 Å². The number of ether oxygens (including phenoxy) is 1. The number of rotatable bonds is 7. The number of carbonyl (C=O) groups excluding carboxylic acids is 1. The first-order chi connectivity index (χ1) is 13.3. The van der Waals surface area contributed by atoms with E-state index in [1.165, 1.54) is 6.20 Å². The number of sulfone groups is 1. The lowest BCUT2D eigenvalue weighted by Gasteiger charge is -2.13. The largest absolute Gasteiger partial charge is 0.491 e. The number of primary amides is 1. The first-order valence-electron chi connectivity index (χ1n) is 8.68. The summed E-state index contributed by atoms with van der Waals surface area (Å²) in [4.78, 5) is 20.0. The summed E-state index contributed by atoms with van der Waals surface area (Å²) in [5, 5.41) is 9.18. The SMILES string of the molecule is CS(=O)(=O)CCNc1nc(Nc2ccc3c(c2)NCCCO3)ncc1C(N)=O. The molecular weight excluding hydrogens is 384 g/mol. The van der Waals surface area contributed by atoms with Crippen molar-refractivity contribution in [1.29, 1.82) is 0 Å². The third kappa shape index (κ3) is 5.22. The van der Waals surface area contributed by atoms with Crippen molar-refractivity contribution in [3.05, 3.63) is 30.0 Å². The van der Waals surface area contributed by atoms with Gasteiger partial charge in [0, 0.05) is 31.2 Å². The molecule has 0 atom stereocenters. The van der Waals surface area contributed by atoms with Crippen molar-refractivity contribution in [2.75, 3.05) is 47.7 Å². The summed E-state index contributed by atoms with van der Waals surface area (Å²) >= 11 is 0. The van der Waals surface area contributed by atoms with Gasteiger partial charge in [0.05, 0.1) is 23.6 Å². The summed E-state index contributed by atoms with van der Waals surface area (Å²) in [7, 11) is -3.15. The molecule has 0 bridgehead atoms. The molecule has 0 aliphatic carbocycles. The van der Waals surface area contributed by atoms with Crippen LogP contribution in [-0.4, -0.2) is 56.0 Å². The van der Waals surface area contributed by atoms with Crippen molar-refractivity contribution in [3.63, 3.8) is 0 Å². The van der Waals surface area contributed by atoms with Crippen molar-refractivity contribution in [1.82, 2.24) is 9.97 Å². The fourth-order valence-corrected chi connectivity index (χ4v) is 3.06. The zero-order valence-electron chi connectivity index (χ0n) is 15.4. The van der Waals surface area contributed by atoms with Gasteiger partial charge in [0.1, 0.15) is 21.4 Å². The smallest absolute Gasteiger partial charge is 0.254 e. The van der Waals surface area contributed by atoms with Crippen LogP contribution in [0.3, 0.4) is 0 Å². The Labute approximate surface area is 162 Å². The van der Waals surface area contributed by atoms with Gasteiger partial charge in [-0.1, -0.05) is 0 Å². The molecule has 2 aromatic rings. The highest BCUT2D eigenvalue weighted by Crippen LogP contribution is 2.30. The normalized spacial score (nSPS) is 13.5. The van der Waals surface area contributed by atoms with Crippen molar-refractivity contribution in [3.8, 4) is 5.75 Å². The van der Waals surface area contributed by atoms with Crippen LogP contribution < -0.4 is 26.4 Å². The maximum absolute atomic E-state index is 11.6. The van der Waals surface area contributed by atoms with Crippen LogP contribution >= 0.6 is 0 Å². The van der Waals surface area contributed by atoms with Crippen LogP contribution in [0, 0.1) is 0 Å². The molecule has 2 heterocycles. The third-order valence-electron chi connectivity index (χ3n) is 3.95. The number of nitrogens with zero attached hydrogens (tertiary/aromatic N) is 2. The standard InChI is InChI=1S/C17H22N6O4S/c1-28(25,26)8-6-20-16-12(15(18)24)10-21-17(23-16)22-11-3-4-14-13(9-11)19-5-2-7-27-14/h3-4,9-10,19H,2,5-8H2,1H3,(H2,18,24)(H2,20,21,22,23). The molecule has 1 aromatic carbocycles. The Balaban J connectivity index is 1.79. The molecule has 1 aliphatic heterocycles. The van der Waals surface area contributed by atoms with Crippen LogP contribution in [0.2, 0.25) is 0 Å². The molecule has 1 amide bonds. The second kappa shape index (κ2) is 8.30. The summed E-state index contributed by atoms with van der Waals surface area (Å²) < 4.78 is 28.2. The highest BCUT2D eigenvalue weighted by atomic mass is 32.2. The molecule has 28 heavy (non-hydrogen) atoms. The van der Waals surface area contributed by atoms with Gasteiger partial charge in [-0.3, -0.25) is 4.79 Å². The molecular formula is C17H22N6O4S. The summed E-state index contributed by atoms with van der Waals surface area (Å²) in [6.07, 6.45) is 3.34. The molecule has 0 saturated carbocycles. The molecule has 0 spiro atoms.